The number of likely N-dealkylation sites (tertiary alicyclic amines) is 1. The summed E-state index contributed by atoms with van der Waals surface area (Å²) in [6.07, 6.45) is 4.28. The van der Waals surface area contributed by atoms with Gasteiger partial charge in [0, 0.05) is 26.4 Å². The van der Waals surface area contributed by atoms with Gasteiger partial charge in [0.15, 0.2) is 5.69 Å². The smallest absolute Gasteiger partial charge is 0.273 e. The topological polar surface area (TPSA) is 107 Å². The molecule has 0 spiro atoms. The van der Waals surface area contributed by atoms with E-state index in [-0.39, 0.29) is 21.3 Å². The van der Waals surface area contributed by atoms with Gasteiger partial charge in [-0.1, -0.05) is 17.4 Å². The standard InChI is InChI=1S/C19H22F2N6OS/c1-24-17(27-8-3-2-4-9-27)13(10-22)25-18(28)15-16(23)29-19(26-15)14-11(20)6-5-7-12(14)21/h5-7,10,13,22H,2-4,8-9,23H2,1H3,(H,25,28). The van der Waals surface area contributed by atoms with Crippen molar-refractivity contribution in [2.24, 2.45) is 4.99 Å². The second-order valence-electron chi connectivity index (χ2n) is 6.58. The lowest BCUT2D eigenvalue weighted by Gasteiger charge is -2.32. The predicted octanol–water partition coefficient (Wildman–Crippen LogP) is 2.93. The lowest BCUT2D eigenvalue weighted by Crippen LogP contribution is -2.51. The van der Waals surface area contributed by atoms with Crippen molar-refractivity contribution in [3.63, 3.8) is 0 Å². The second-order valence-corrected chi connectivity index (χ2v) is 7.61. The molecule has 154 valence electrons. The molecule has 1 aliphatic heterocycles. The van der Waals surface area contributed by atoms with Crippen LogP contribution in [0.25, 0.3) is 10.6 Å². The summed E-state index contributed by atoms with van der Waals surface area (Å²) < 4.78 is 28.1. The van der Waals surface area contributed by atoms with Gasteiger partial charge in [-0.15, -0.1) is 0 Å². The van der Waals surface area contributed by atoms with E-state index < -0.39 is 23.6 Å². The number of nitrogen functional groups attached to an aromatic ring is 1. The molecule has 0 aliphatic carbocycles. The Morgan fingerprint density at radius 2 is 2.00 bits per heavy atom. The predicted molar refractivity (Wildman–Crippen MR) is 111 cm³/mol. The number of amidine groups is 1. The number of anilines is 1. The van der Waals surface area contributed by atoms with Crippen molar-refractivity contribution in [1.29, 1.82) is 5.41 Å². The monoisotopic (exact) mass is 420 g/mol. The number of nitrogens with one attached hydrogen (secondary N) is 2. The number of carbonyl (C=O) groups is 1. The molecule has 1 aliphatic rings. The third-order valence-electron chi connectivity index (χ3n) is 4.69. The lowest BCUT2D eigenvalue weighted by atomic mass is 10.1. The van der Waals surface area contributed by atoms with E-state index in [0.29, 0.717) is 5.84 Å². The van der Waals surface area contributed by atoms with E-state index >= 15 is 0 Å². The first-order valence-corrected chi connectivity index (χ1v) is 10.0. The van der Waals surface area contributed by atoms with Gasteiger partial charge < -0.3 is 21.4 Å². The highest BCUT2D eigenvalue weighted by molar-refractivity contribution is 7.19. The van der Waals surface area contributed by atoms with Crippen LogP contribution in [0.2, 0.25) is 0 Å². The molecule has 0 saturated carbocycles. The van der Waals surface area contributed by atoms with Crippen LogP contribution in [0, 0.1) is 17.0 Å². The number of halogens is 2. The van der Waals surface area contributed by atoms with Gasteiger partial charge in [0.25, 0.3) is 5.91 Å². The number of aromatic nitrogens is 1. The summed E-state index contributed by atoms with van der Waals surface area (Å²) in [6, 6.07) is 2.73. The van der Waals surface area contributed by atoms with E-state index in [1.54, 1.807) is 7.05 Å². The number of nitrogens with two attached hydrogens (primary N) is 1. The fourth-order valence-corrected chi connectivity index (χ4v) is 4.17. The van der Waals surface area contributed by atoms with Gasteiger partial charge in [0.2, 0.25) is 0 Å². The van der Waals surface area contributed by atoms with Gasteiger partial charge in [-0.25, -0.2) is 13.8 Å². The van der Waals surface area contributed by atoms with E-state index in [9.17, 15) is 13.6 Å². The zero-order valence-electron chi connectivity index (χ0n) is 15.9. The highest BCUT2D eigenvalue weighted by Crippen LogP contribution is 2.33. The van der Waals surface area contributed by atoms with Crippen molar-refractivity contribution in [1.82, 2.24) is 15.2 Å². The maximum Gasteiger partial charge on any atom is 0.273 e. The molecule has 1 atom stereocenters. The minimum atomic E-state index is -0.784. The highest BCUT2D eigenvalue weighted by Gasteiger charge is 2.26. The van der Waals surface area contributed by atoms with Gasteiger partial charge in [-0.05, 0) is 31.4 Å². The Morgan fingerprint density at radius 1 is 1.34 bits per heavy atom. The average Bonchev–Trinajstić information content (AvgIpc) is 3.09. The van der Waals surface area contributed by atoms with Crippen LogP contribution in [0.5, 0.6) is 0 Å². The number of carbonyl (C=O) groups excluding carboxylic acids is 1. The van der Waals surface area contributed by atoms with Crippen LogP contribution < -0.4 is 11.1 Å². The summed E-state index contributed by atoms with van der Waals surface area (Å²) in [6.45, 7) is 1.62. The molecule has 1 aromatic carbocycles. The highest BCUT2D eigenvalue weighted by atomic mass is 32.1. The molecule has 1 aromatic heterocycles. The molecule has 1 fully saturated rings. The molecule has 7 nitrogen and oxygen atoms in total. The van der Waals surface area contributed by atoms with E-state index in [4.69, 9.17) is 11.1 Å². The quantitative estimate of drug-likeness (QED) is 0.511. The molecule has 1 saturated heterocycles. The molecular formula is C19H22F2N6OS. The van der Waals surface area contributed by atoms with Crippen molar-refractivity contribution < 1.29 is 13.6 Å². The zero-order valence-corrected chi connectivity index (χ0v) is 16.7. The minimum Gasteiger partial charge on any atom is -0.389 e. The summed E-state index contributed by atoms with van der Waals surface area (Å²) in [7, 11) is 1.61. The summed E-state index contributed by atoms with van der Waals surface area (Å²) in [5, 5.41) is 10.4. The fraction of sp³-hybridized carbons (Fsp3) is 0.368. The first-order valence-electron chi connectivity index (χ1n) is 9.20. The van der Waals surface area contributed by atoms with Crippen molar-refractivity contribution in [3.8, 4) is 10.6 Å². The average molecular weight is 420 g/mol. The third kappa shape index (κ3) is 4.42. The third-order valence-corrected chi connectivity index (χ3v) is 5.59. The number of benzene rings is 1. The maximum absolute atomic E-state index is 14.0. The fourth-order valence-electron chi connectivity index (χ4n) is 3.29. The number of rotatable bonds is 5. The number of hydrogen-bond donors (Lipinski definition) is 3. The van der Waals surface area contributed by atoms with Crippen molar-refractivity contribution in [3.05, 3.63) is 35.5 Å². The molecule has 29 heavy (non-hydrogen) atoms. The van der Waals surface area contributed by atoms with Gasteiger partial charge in [0.05, 0.1) is 5.56 Å². The van der Waals surface area contributed by atoms with Crippen LogP contribution in [0.15, 0.2) is 23.2 Å². The zero-order chi connectivity index (χ0) is 21.0. The number of piperidine rings is 1. The lowest BCUT2D eigenvalue weighted by molar-refractivity contribution is 0.0949. The molecule has 0 bridgehead atoms. The van der Waals surface area contributed by atoms with Crippen molar-refractivity contribution in [2.75, 3.05) is 25.9 Å². The molecule has 2 heterocycles. The Bertz CT molecular complexity index is 919. The van der Waals surface area contributed by atoms with Crippen molar-refractivity contribution in [2.45, 2.75) is 25.3 Å². The van der Waals surface area contributed by atoms with E-state index in [1.807, 2.05) is 4.90 Å². The Labute approximate surface area is 171 Å². The molecule has 1 amide bonds. The summed E-state index contributed by atoms with van der Waals surface area (Å²) >= 11 is 0.829. The van der Waals surface area contributed by atoms with Crippen LogP contribution in [-0.2, 0) is 0 Å². The van der Waals surface area contributed by atoms with Crippen LogP contribution in [0.4, 0.5) is 13.8 Å². The van der Waals surface area contributed by atoms with E-state index in [2.05, 4.69) is 15.3 Å². The van der Waals surface area contributed by atoms with Gasteiger partial charge in [0.1, 0.15) is 33.5 Å². The van der Waals surface area contributed by atoms with Crippen LogP contribution in [-0.4, -0.2) is 54.0 Å². The number of thiazole rings is 1. The molecule has 4 N–H and O–H groups in total. The number of hydrogen-bond acceptors (Lipinski definition) is 6. The molecular weight excluding hydrogens is 398 g/mol. The first-order chi connectivity index (χ1) is 14.0. The normalized spacial score (nSPS) is 15.8. The second kappa shape index (κ2) is 9.08. The Kier molecular flexibility index (Phi) is 6.53. The van der Waals surface area contributed by atoms with Crippen molar-refractivity contribution >= 4 is 34.3 Å². The van der Waals surface area contributed by atoms with Crippen LogP contribution in [0.1, 0.15) is 29.8 Å². The van der Waals surface area contributed by atoms with Gasteiger partial charge in [-0.2, -0.15) is 0 Å². The minimum absolute atomic E-state index is 0.0185. The van der Waals surface area contributed by atoms with Crippen LogP contribution in [0.3, 0.4) is 0 Å². The summed E-state index contributed by atoms with van der Waals surface area (Å²) in [4.78, 5) is 23.1. The van der Waals surface area contributed by atoms with E-state index in [1.165, 1.54) is 6.07 Å². The Balaban J connectivity index is 1.83. The summed E-state index contributed by atoms with van der Waals surface area (Å²) in [5.41, 5.74) is 5.45. The number of nitrogens with zero attached hydrogens (tertiary/aromatic N) is 3. The molecule has 1 unspecified atom stereocenters. The molecule has 2 aromatic rings. The number of aliphatic imine (C=N–C) groups is 1. The van der Waals surface area contributed by atoms with Gasteiger partial charge >= 0.3 is 0 Å². The van der Waals surface area contributed by atoms with Crippen LogP contribution >= 0.6 is 11.3 Å². The first kappa shape index (κ1) is 20.8. The van der Waals surface area contributed by atoms with E-state index in [0.717, 1.165) is 62.0 Å². The molecule has 0 radical (unpaired) electrons. The Hall–Kier alpha value is -2.88. The molecule has 3 rings (SSSR count). The largest absolute Gasteiger partial charge is 0.389 e. The SMILES string of the molecule is CN=C(C(C=N)NC(=O)c1nc(-c2c(F)cccc2F)sc1N)N1CCCCC1. The maximum atomic E-state index is 14.0. The molecule has 10 heteroatoms. The van der Waals surface area contributed by atoms with Gasteiger partial charge in [-0.3, -0.25) is 9.79 Å². The Morgan fingerprint density at radius 3 is 2.59 bits per heavy atom. The number of amides is 1. The summed E-state index contributed by atoms with van der Waals surface area (Å²) in [5.74, 6) is -1.61.